The van der Waals surface area contributed by atoms with Crippen molar-refractivity contribution >= 4 is 11.8 Å². The number of carbonyl (C=O) groups excluding carboxylic acids is 2. The fraction of sp³-hybridized carbons (Fsp3) is 0.273. The quantitative estimate of drug-likeness (QED) is 0.742. The van der Waals surface area contributed by atoms with Crippen molar-refractivity contribution < 1.29 is 9.59 Å². The zero-order chi connectivity index (χ0) is 20.4. The molecular weight excluding hydrogens is 366 g/mol. The van der Waals surface area contributed by atoms with Crippen LogP contribution in [-0.2, 0) is 4.79 Å². The van der Waals surface area contributed by atoms with E-state index in [2.05, 4.69) is 10.1 Å². The highest BCUT2D eigenvalue weighted by Crippen LogP contribution is 2.23. The van der Waals surface area contributed by atoms with Crippen LogP contribution in [0.1, 0.15) is 29.0 Å². The molecule has 0 atom stereocenters. The number of aromatic nitrogens is 3. The van der Waals surface area contributed by atoms with E-state index < -0.39 is 0 Å². The Morgan fingerprint density at radius 1 is 1.03 bits per heavy atom. The van der Waals surface area contributed by atoms with Gasteiger partial charge in [-0.05, 0) is 37.5 Å². The highest BCUT2D eigenvalue weighted by atomic mass is 16.2. The van der Waals surface area contributed by atoms with E-state index in [1.54, 1.807) is 9.58 Å². The molecule has 0 saturated carbocycles. The average molecular weight is 389 g/mol. The van der Waals surface area contributed by atoms with E-state index in [9.17, 15) is 9.59 Å². The van der Waals surface area contributed by atoms with E-state index in [-0.39, 0.29) is 23.6 Å². The molecule has 1 aliphatic heterocycles. The average Bonchev–Trinajstić information content (AvgIpc) is 3.19. The fourth-order valence-corrected chi connectivity index (χ4v) is 3.63. The van der Waals surface area contributed by atoms with Crippen molar-refractivity contribution in [2.24, 2.45) is 11.7 Å². The maximum Gasteiger partial charge on any atom is 0.293 e. The SMILES string of the molecule is Cc1cccc(-n2nc(C(=O)N3CCC(C(N)=O)CC3)nc2-c2ccccc2)c1. The first-order valence-electron chi connectivity index (χ1n) is 9.71. The summed E-state index contributed by atoms with van der Waals surface area (Å²) in [5, 5.41) is 4.55. The molecule has 0 unspecified atom stereocenters. The Labute approximate surface area is 169 Å². The highest BCUT2D eigenvalue weighted by molar-refractivity contribution is 5.91. The van der Waals surface area contributed by atoms with Gasteiger partial charge in [0.05, 0.1) is 5.69 Å². The van der Waals surface area contributed by atoms with Gasteiger partial charge in [-0.1, -0.05) is 42.5 Å². The van der Waals surface area contributed by atoms with Crippen LogP contribution in [0, 0.1) is 12.8 Å². The molecule has 1 fully saturated rings. The number of hydrogen-bond donors (Lipinski definition) is 1. The minimum Gasteiger partial charge on any atom is -0.369 e. The van der Waals surface area contributed by atoms with Crippen LogP contribution < -0.4 is 5.73 Å². The van der Waals surface area contributed by atoms with Crippen LogP contribution in [0.2, 0.25) is 0 Å². The van der Waals surface area contributed by atoms with Crippen LogP contribution in [0.3, 0.4) is 0 Å². The summed E-state index contributed by atoms with van der Waals surface area (Å²) >= 11 is 0. The molecule has 2 aromatic carbocycles. The standard InChI is InChI=1S/C22H23N5O2/c1-15-6-5-9-18(14-15)27-21(17-7-3-2-4-8-17)24-20(25-27)22(29)26-12-10-16(11-13-26)19(23)28/h2-9,14,16H,10-13H2,1H3,(H2,23,28). The van der Waals surface area contributed by atoms with Gasteiger partial charge in [-0.15, -0.1) is 5.10 Å². The van der Waals surface area contributed by atoms with Crippen molar-refractivity contribution in [2.75, 3.05) is 13.1 Å². The first kappa shape index (κ1) is 18.9. The number of aryl methyl sites for hydroxylation is 1. The van der Waals surface area contributed by atoms with Crippen LogP contribution in [0.25, 0.3) is 17.1 Å². The molecule has 0 bridgehead atoms. The van der Waals surface area contributed by atoms with Gasteiger partial charge in [0, 0.05) is 24.6 Å². The molecule has 1 aliphatic rings. The minimum absolute atomic E-state index is 0.155. The number of rotatable bonds is 4. The molecular formula is C22H23N5O2. The number of primary amides is 1. The predicted molar refractivity (Wildman–Crippen MR) is 109 cm³/mol. The summed E-state index contributed by atoms with van der Waals surface area (Å²) in [6.45, 7) is 2.97. The summed E-state index contributed by atoms with van der Waals surface area (Å²) in [4.78, 5) is 30.7. The Morgan fingerprint density at radius 2 is 1.76 bits per heavy atom. The first-order chi connectivity index (χ1) is 14.0. The van der Waals surface area contributed by atoms with Crippen LogP contribution >= 0.6 is 0 Å². The Kier molecular flexibility index (Phi) is 5.12. The monoisotopic (exact) mass is 389 g/mol. The molecule has 7 heteroatoms. The fourth-order valence-electron chi connectivity index (χ4n) is 3.63. The zero-order valence-corrected chi connectivity index (χ0v) is 16.3. The van der Waals surface area contributed by atoms with Gasteiger partial charge in [0.25, 0.3) is 5.91 Å². The molecule has 4 rings (SSSR count). The van der Waals surface area contributed by atoms with Crippen molar-refractivity contribution in [1.29, 1.82) is 0 Å². The van der Waals surface area contributed by atoms with E-state index in [0.717, 1.165) is 16.8 Å². The van der Waals surface area contributed by atoms with Crippen LogP contribution in [-0.4, -0.2) is 44.6 Å². The molecule has 148 valence electrons. The van der Waals surface area contributed by atoms with E-state index in [1.165, 1.54) is 0 Å². The molecule has 29 heavy (non-hydrogen) atoms. The summed E-state index contributed by atoms with van der Waals surface area (Å²) < 4.78 is 1.71. The van der Waals surface area contributed by atoms with E-state index in [0.29, 0.717) is 31.8 Å². The molecule has 0 aliphatic carbocycles. The third-order valence-corrected chi connectivity index (χ3v) is 5.26. The van der Waals surface area contributed by atoms with Gasteiger partial charge in [0.2, 0.25) is 11.7 Å². The molecule has 0 radical (unpaired) electrons. The highest BCUT2D eigenvalue weighted by Gasteiger charge is 2.29. The zero-order valence-electron chi connectivity index (χ0n) is 16.3. The maximum atomic E-state index is 13.0. The van der Waals surface area contributed by atoms with Crippen LogP contribution in [0.5, 0.6) is 0 Å². The first-order valence-corrected chi connectivity index (χ1v) is 9.71. The number of carbonyl (C=O) groups is 2. The predicted octanol–water partition coefficient (Wildman–Crippen LogP) is 2.58. The lowest BCUT2D eigenvalue weighted by Gasteiger charge is -2.29. The molecule has 2 heterocycles. The van der Waals surface area contributed by atoms with Crippen molar-refractivity contribution in [1.82, 2.24) is 19.7 Å². The molecule has 0 spiro atoms. The lowest BCUT2D eigenvalue weighted by Crippen LogP contribution is -2.42. The minimum atomic E-state index is -0.301. The molecule has 7 nitrogen and oxygen atoms in total. The van der Waals surface area contributed by atoms with Gasteiger partial charge in [-0.2, -0.15) is 0 Å². The smallest absolute Gasteiger partial charge is 0.293 e. The lowest BCUT2D eigenvalue weighted by atomic mass is 9.96. The Morgan fingerprint density at radius 3 is 2.41 bits per heavy atom. The second-order valence-corrected chi connectivity index (χ2v) is 7.34. The second kappa shape index (κ2) is 7.87. The number of piperidine rings is 1. The topological polar surface area (TPSA) is 94.1 Å². The van der Waals surface area contributed by atoms with E-state index >= 15 is 0 Å². The summed E-state index contributed by atoms with van der Waals surface area (Å²) in [7, 11) is 0. The molecule has 2 N–H and O–H groups in total. The number of hydrogen-bond acceptors (Lipinski definition) is 4. The van der Waals surface area contributed by atoms with Crippen molar-refractivity contribution in [3.05, 3.63) is 66.0 Å². The van der Waals surface area contributed by atoms with Crippen LogP contribution in [0.4, 0.5) is 0 Å². The number of nitrogens with two attached hydrogens (primary N) is 1. The van der Waals surface area contributed by atoms with Gasteiger partial charge in [0.15, 0.2) is 5.82 Å². The Balaban J connectivity index is 1.68. The molecule has 1 saturated heterocycles. The number of nitrogens with zero attached hydrogens (tertiary/aromatic N) is 4. The van der Waals surface area contributed by atoms with Crippen molar-refractivity contribution in [3.8, 4) is 17.1 Å². The van der Waals surface area contributed by atoms with Crippen LogP contribution in [0.15, 0.2) is 54.6 Å². The third kappa shape index (κ3) is 3.89. The van der Waals surface area contributed by atoms with E-state index in [4.69, 9.17) is 5.73 Å². The Bertz CT molecular complexity index is 1040. The number of amides is 2. The summed E-state index contributed by atoms with van der Waals surface area (Å²) in [6, 6.07) is 17.6. The number of benzene rings is 2. The van der Waals surface area contributed by atoms with Gasteiger partial charge in [-0.25, -0.2) is 9.67 Å². The molecule has 3 aromatic rings. The maximum absolute atomic E-state index is 13.0. The largest absolute Gasteiger partial charge is 0.369 e. The molecule has 1 aromatic heterocycles. The van der Waals surface area contributed by atoms with Crippen molar-refractivity contribution in [3.63, 3.8) is 0 Å². The summed E-state index contributed by atoms with van der Waals surface area (Å²) in [5.74, 6) is 0.0769. The lowest BCUT2D eigenvalue weighted by molar-refractivity contribution is -0.123. The number of likely N-dealkylation sites (tertiary alicyclic amines) is 1. The van der Waals surface area contributed by atoms with Gasteiger partial charge < -0.3 is 10.6 Å². The van der Waals surface area contributed by atoms with Gasteiger partial charge in [0.1, 0.15) is 0 Å². The third-order valence-electron chi connectivity index (χ3n) is 5.26. The van der Waals surface area contributed by atoms with Crippen molar-refractivity contribution in [2.45, 2.75) is 19.8 Å². The summed E-state index contributed by atoms with van der Waals surface area (Å²) in [5.41, 5.74) is 8.22. The Hall–Kier alpha value is -3.48. The normalized spacial score (nSPS) is 14.7. The van der Waals surface area contributed by atoms with Gasteiger partial charge >= 0.3 is 0 Å². The molecule has 2 amide bonds. The van der Waals surface area contributed by atoms with E-state index in [1.807, 2.05) is 61.5 Å². The second-order valence-electron chi connectivity index (χ2n) is 7.34. The summed E-state index contributed by atoms with van der Waals surface area (Å²) in [6.07, 6.45) is 1.15. The van der Waals surface area contributed by atoms with Gasteiger partial charge in [-0.3, -0.25) is 9.59 Å².